The number of benzene rings is 2. The fourth-order valence-electron chi connectivity index (χ4n) is 3.48. The van der Waals surface area contributed by atoms with Gasteiger partial charge in [0.05, 0.1) is 17.1 Å². The molecule has 1 unspecified atom stereocenters. The van der Waals surface area contributed by atoms with Gasteiger partial charge < -0.3 is 5.32 Å². The number of nitrogens with one attached hydrogen (secondary N) is 1. The summed E-state index contributed by atoms with van der Waals surface area (Å²) in [5.74, 6) is 1.35. The van der Waals surface area contributed by atoms with Crippen LogP contribution in [0.1, 0.15) is 18.5 Å². The van der Waals surface area contributed by atoms with Crippen LogP contribution in [0, 0.1) is 0 Å². The second kappa shape index (κ2) is 7.75. The third-order valence-electron chi connectivity index (χ3n) is 5.07. The summed E-state index contributed by atoms with van der Waals surface area (Å²) in [4.78, 5) is 17.9. The normalized spacial score (nSPS) is 12.0. The molecule has 1 atom stereocenters. The van der Waals surface area contributed by atoms with E-state index >= 15 is 0 Å². The minimum Gasteiger partial charge on any atom is -0.348 e. The molecule has 0 fully saturated rings. The largest absolute Gasteiger partial charge is 0.348 e. The number of pyridine rings is 1. The first-order chi connectivity index (χ1) is 14.8. The number of hydrogen-bond acceptors (Lipinski definition) is 5. The lowest BCUT2D eigenvalue weighted by atomic mass is 10.1. The lowest BCUT2D eigenvalue weighted by Crippen LogP contribution is -2.10. The van der Waals surface area contributed by atoms with E-state index in [0.717, 1.165) is 28.0 Å². The van der Waals surface area contributed by atoms with Gasteiger partial charge in [-0.25, -0.2) is 9.97 Å². The van der Waals surface area contributed by atoms with Crippen LogP contribution in [0.15, 0.2) is 91.6 Å². The Hall–Kier alpha value is -4.06. The molecule has 0 saturated carbocycles. The maximum absolute atomic E-state index is 4.70. The van der Waals surface area contributed by atoms with Crippen molar-refractivity contribution in [3.05, 3.63) is 97.2 Å². The molecular weight excluding hydrogens is 372 g/mol. The summed E-state index contributed by atoms with van der Waals surface area (Å²) < 4.78 is 1.97. The molecule has 30 heavy (non-hydrogen) atoms. The molecule has 0 aliphatic heterocycles. The zero-order valence-electron chi connectivity index (χ0n) is 16.5. The predicted octanol–water partition coefficient (Wildman–Crippen LogP) is 5.05. The van der Waals surface area contributed by atoms with E-state index in [1.54, 1.807) is 18.7 Å². The minimum absolute atomic E-state index is 0.100. The van der Waals surface area contributed by atoms with E-state index in [1.165, 1.54) is 5.56 Å². The van der Waals surface area contributed by atoms with Crippen LogP contribution < -0.4 is 5.32 Å². The van der Waals surface area contributed by atoms with E-state index in [2.05, 4.69) is 57.5 Å². The number of anilines is 1. The van der Waals surface area contributed by atoms with E-state index in [0.29, 0.717) is 5.95 Å². The highest BCUT2D eigenvalue weighted by Gasteiger charge is 2.11. The van der Waals surface area contributed by atoms with Crippen molar-refractivity contribution in [3.8, 4) is 16.9 Å². The Balaban J connectivity index is 1.45. The Morgan fingerprint density at radius 3 is 2.60 bits per heavy atom. The third kappa shape index (κ3) is 3.51. The highest BCUT2D eigenvalue weighted by molar-refractivity contribution is 5.83. The number of aromatic nitrogens is 5. The van der Waals surface area contributed by atoms with Crippen LogP contribution in [-0.4, -0.2) is 24.5 Å². The molecule has 146 valence electrons. The molecule has 0 radical (unpaired) electrons. The van der Waals surface area contributed by atoms with Gasteiger partial charge in [0, 0.05) is 24.2 Å². The van der Waals surface area contributed by atoms with E-state index in [9.17, 15) is 0 Å². The van der Waals surface area contributed by atoms with Crippen molar-refractivity contribution in [2.24, 2.45) is 0 Å². The fourth-order valence-corrected chi connectivity index (χ4v) is 3.48. The quantitative estimate of drug-likeness (QED) is 0.453. The zero-order chi connectivity index (χ0) is 20.3. The maximum atomic E-state index is 4.70. The SMILES string of the molecule is CC(Nc1nccc(-n2cnc3cc(-c4cccnc4)ccc32)n1)c1ccccc1. The molecule has 0 aliphatic carbocycles. The van der Waals surface area contributed by atoms with Crippen molar-refractivity contribution in [3.63, 3.8) is 0 Å². The Kier molecular flexibility index (Phi) is 4.65. The Labute approximate surface area is 174 Å². The van der Waals surface area contributed by atoms with Gasteiger partial charge in [0.15, 0.2) is 0 Å². The van der Waals surface area contributed by atoms with Crippen LogP contribution in [0.25, 0.3) is 28.0 Å². The van der Waals surface area contributed by atoms with Crippen molar-refractivity contribution in [2.75, 3.05) is 5.32 Å². The van der Waals surface area contributed by atoms with Gasteiger partial charge in [-0.15, -0.1) is 0 Å². The zero-order valence-corrected chi connectivity index (χ0v) is 16.5. The van der Waals surface area contributed by atoms with Gasteiger partial charge in [-0.2, -0.15) is 4.98 Å². The van der Waals surface area contributed by atoms with Crippen LogP contribution in [-0.2, 0) is 0 Å². The predicted molar refractivity (Wildman–Crippen MR) is 118 cm³/mol. The molecule has 1 N–H and O–H groups in total. The van der Waals surface area contributed by atoms with Crippen LogP contribution >= 0.6 is 0 Å². The summed E-state index contributed by atoms with van der Waals surface area (Å²) in [6.45, 7) is 2.10. The number of nitrogens with zero attached hydrogens (tertiary/aromatic N) is 5. The highest BCUT2D eigenvalue weighted by Crippen LogP contribution is 2.25. The number of imidazole rings is 1. The molecular formula is C24H20N6. The molecule has 3 aromatic heterocycles. The van der Waals surface area contributed by atoms with Crippen molar-refractivity contribution in [1.29, 1.82) is 0 Å². The summed E-state index contributed by atoms with van der Waals surface area (Å²) >= 11 is 0. The second-order valence-corrected chi connectivity index (χ2v) is 7.07. The molecule has 5 rings (SSSR count). The third-order valence-corrected chi connectivity index (χ3v) is 5.07. The van der Waals surface area contributed by atoms with E-state index in [-0.39, 0.29) is 6.04 Å². The number of hydrogen-bond donors (Lipinski definition) is 1. The van der Waals surface area contributed by atoms with Gasteiger partial charge in [0.25, 0.3) is 0 Å². The molecule has 0 saturated heterocycles. The number of fused-ring (bicyclic) bond motifs is 1. The van der Waals surface area contributed by atoms with Crippen LogP contribution in [0.3, 0.4) is 0 Å². The van der Waals surface area contributed by atoms with Gasteiger partial charge in [0.2, 0.25) is 5.95 Å². The number of rotatable bonds is 5. The first-order valence-corrected chi connectivity index (χ1v) is 9.80. The summed E-state index contributed by atoms with van der Waals surface area (Å²) in [5, 5.41) is 3.38. The van der Waals surface area contributed by atoms with Crippen molar-refractivity contribution < 1.29 is 0 Å². The standard InChI is InChI=1S/C24H20N6/c1-17(18-6-3-2-4-7-18)28-24-26-13-11-23(29-24)30-16-27-21-14-19(9-10-22(21)30)20-8-5-12-25-15-20/h2-17H,1H3,(H,26,28,29). The van der Waals surface area contributed by atoms with Gasteiger partial charge in [-0.3, -0.25) is 9.55 Å². The monoisotopic (exact) mass is 392 g/mol. The van der Waals surface area contributed by atoms with Crippen LogP contribution in [0.4, 0.5) is 5.95 Å². The molecule has 0 aliphatic rings. The van der Waals surface area contributed by atoms with Gasteiger partial charge in [-0.1, -0.05) is 42.5 Å². The summed E-state index contributed by atoms with van der Waals surface area (Å²) in [7, 11) is 0. The van der Waals surface area contributed by atoms with Crippen molar-refractivity contribution in [2.45, 2.75) is 13.0 Å². The first kappa shape index (κ1) is 18.0. The summed E-state index contributed by atoms with van der Waals surface area (Å²) in [6.07, 6.45) is 7.19. The average molecular weight is 392 g/mol. The molecule has 6 heteroatoms. The van der Waals surface area contributed by atoms with Gasteiger partial charge >= 0.3 is 0 Å². The Morgan fingerprint density at radius 2 is 1.77 bits per heavy atom. The Bertz CT molecular complexity index is 1280. The molecule has 6 nitrogen and oxygen atoms in total. The van der Waals surface area contributed by atoms with Crippen LogP contribution in [0.2, 0.25) is 0 Å². The fraction of sp³-hybridized carbons (Fsp3) is 0.0833. The Morgan fingerprint density at radius 1 is 0.867 bits per heavy atom. The van der Waals surface area contributed by atoms with Crippen molar-refractivity contribution >= 4 is 17.0 Å². The lowest BCUT2D eigenvalue weighted by Gasteiger charge is -2.14. The molecule has 5 aromatic rings. The molecule has 2 aromatic carbocycles. The second-order valence-electron chi connectivity index (χ2n) is 7.07. The first-order valence-electron chi connectivity index (χ1n) is 9.80. The maximum Gasteiger partial charge on any atom is 0.225 e. The average Bonchev–Trinajstić information content (AvgIpc) is 3.24. The topological polar surface area (TPSA) is 68.5 Å². The van der Waals surface area contributed by atoms with Crippen molar-refractivity contribution in [1.82, 2.24) is 24.5 Å². The molecule has 3 heterocycles. The smallest absolute Gasteiger partial charge is 0.225 e. The molecule has 0 amide bonds. The van der Waals surface area contributed by atoms with E-state index < -0.39 is 0 Å². The summed E-state index contributed by atoms with van der Waals surface area (Å²) in [6, 6.07) is 22.4. The van der Waals surface area contributed by atoms with Gasteiger partial charge in [0.1, 0.15) is 12.1 Å². The summed E-state index contributed by atoms with van der Waals surface area (Å²) in [5.41, 5.74) is 5.23. The van der Waals surface area contributed by atoms with Crippen LogP contribution in [0.5, 0.6) is 0 Å². The highest BCUT2D eigenvalue weighted by atomic mass is 15.2. The van der Waals surface area contributed by atoms with E-state index in [1.807, 2.05) is 47.2 Å². The molecule has 0 bridgehead atoms. The lowest BCUT2D eigenvalue weighted by molar-refractivity contribution is 0.854. The van der Waals surface area contributed by atoms with E-state index in [4.69, 9.17) is 4.98 Å². The minimum atomic E-state index is 0.100. The molecule has 0 spiro atoms. The van der Waals surface area contributed by atoms with Gasteiger partial charge in [-0.05, 0) is 42.3 Å².